The van der Waals surface area contributed by atoms with E-state index < -0.39 is 0 Å². The fourth-order valence-electron chi connectivity index (χ4n) is 4.05. The molecule has 0 aromatic heterocycles. The molecule has 3 rings (SSSR count). The Kier molecular flexibility index (Phi) is 4.42. The van der Waals surface area contributed by atoms with Crippen molar-refractivity contribution in [3.8, 4) is 5.75 Å². The number of ether oxygens (including phenoxy) is 1. The molecule has 1 aromatic rings. The number of hydrogen-bond donors (Lipinski definition) is 0. The molecule has 2 atom stereocenters. The van der Waals surface area contributed by atoms with Crippen LogP contribution in [0, 0.1) is 5.92 Å². The van der Waals surface area contributed by atoms with Gasteiger partial charge in [0.2, 0.25) is 0 Å². The van der Waals surface area contributed by atoms with Crippen LogP contribution in [0.4, 0.5) is 0 Å². The van der Waals surface area contributed by atoms with Crippen LogP contribution in [0.1, 0.15) is 31.2 Å². The third-order valence-corrected chi connectivity index (χ3v) is 5.07. The average molecular weight is 282 g/mol. The SMILES string of the molecule is COc1cccc(C23CCCC2CN(C)CC3)c1.Cl. The molecule has 1 saturated heterocycles. The minimum Gasteiger partial charge on any atom is -0.497 e. The van der Waals surface area contributed by atoms with Gasteiger partial charge in [-0.25, -0.2) is 0 Å². The van der Waals surface area contributed by atoms with Crippen molar-refractivity contribution in [1.29, 1.82) is 0 Å². The van der Waals surface area contributed by atoms with Crippen molar-refractivity contribution in [3.05, 3.63) is 29.8 Å². The molecule has 1 aromatic carbocycles. The Morgan fingerprint density at radius 3 is 2.95 bits per heavy atom. The fourth-order valence-corrected chi connectivity index (χ4v) is 4.05. The second kappa shape index (κ2) is 5.72. The smallest absolute Gasteiger partial charge is 0.119 e. The maximum Gasteiger partial charge on any atom is 0.119 e. The summed E-state index contributed by atoms with van der Waals surface area (Å²) >= 11 is 0. The van der Waals surface area contributed by atoms with Gasteiger partial charge in [0, 0.05) is 12.0 Å². The Balaban J connectivity index is 0.00000133. The van der Waals surface area contributed by atoms with Crippen molar-refractivity contribution in [2.75, 3.05) is 27.2 Å². The Bertz CT molecular complexity index is 437. The van der Waals surface area contributed by atoms with Gasteiger partial charge in [-0.1, -0.05) is 18.6 Å². The summed E-state index contributed by atoms with van der Waals surface area (Å²) in [6.45, 7) is 2.49. The first-order chi connectivity index (χ1) is 8.74. The molecule has 2 aliphatic rings. The Morgan fingerprint density at radius 2 is 2.16 bits per heavy atom. The molecule has 106 valence electrons. The Morgan fingerprint density at radius 1 is 1.32 bits per heavy atom. The number of fused-ring (bicyclic) bond motifs is 1. The van der Waals surface area contributed by atoms with Gasteiger partial charge in [0.1, 0.15) is 5.75 Å². The monoisotopic (exact) mass is 281 g/mol. The molecule has 1 saturated carbocycles. The summed E-state index contributed by atoms with van der Waals surface area (Å²) in [5.74, 6) is 1.84. The summed E-state index contributed by atoms with van der Waals surface area (Å²) in [6.07, 6.45) is 5.44. The minimum atomic E-state index is 0. The molecule has 0 amide bonds. The number of halogens is 1. The lowest BCUT2D eigenvalue weighted by atomic mass is 9.68. The van der Waals surface area contributed by atoms with E-state index in [9.17, 15) is 0 Å². The highest BCUT2D eigenvalue weighted by molar-refractivity contribution is 5.85. The van der Waals surface area contributed by atoms with E-state index in [4.69, 9.17) is 4.74 Å². The van der Waals surface area contributed by atoms with Crippen LogP contribution in [-0.2, 0) is 5.41 Å². The number of benzene rings is 1. The molecule has 0 spiro atoms. The maximum atomic E-state index is 5.40. The molecular weight excluding hydrogens is 258 g/mol. The lowest BCUT2D eigenvalue weighted by Crippen LogP contribution is -2.45. The van der Waals surface area contributed by atoms with E-state index in [1.807, 2.05) is 0 Å². The number of rotatable bonds is 2. The highest BCUT2D eigenvalue weighted by Crippen LogP contribution is 2.50. The molecule has 0 N–H and O–H groups in total. The summed E-state index contributed by atoms with van der Waals surface area (Å²) in [5.41, 5.74) is 1.94. The number of nitrogens with zero attached hydrogens (tertiary/aromatic N) is 1. The summed E-state index contributed by atoms with van der Waals surface area (Å²) in [4.78, 5) is 2.49. The van der Waals surface area contributed by atoms with Gasteiger partial charge in [0.15, 0.2) is 0 Å². The molecule has 2 unspecified atom stereocenters. The van der Waals surface area contributed by atoms with Gasteiger partial charge in [-0.15, -0.1) is 12.4 Å². The van der Waals surface area contributed by atoms with Crippen molar-refractivity contribution < 1.29 is 4.74 Å². The molecule has 1 heterocycles. The van der Waals surface area contributed by atoms with Crippen LogP contribution in [-0.4, -0.2) is 32.1 Å². The van der Waals surface area contributed by atoms with Gasteiger partial charge in [-0.2, -0.15) is 0 Å². The topological polar surface area (TPSA) is 12.5 Å². The zero-order valence-electron chi connectivity index (χ0n) is 11.9. The van der Waals surface area contributed by atoms with E-state index in [2.05, 4.69) is 36.2 Å². The lowest BCUT2D eigenvalue weighted by molar-refractivity contribution is 0.133. The van der Waals surface area contributed by atoms with E-state index in [0.717, 1.165) is 11.7 Å². The third-order valence-electron chi connectivity index (χ3n) is 5.07. The quantitative estimate of drug-likeness (QED) is 0.823. The van der Waals surface area contributed by atoms with Gasteiger partial charge in [-0.05, 0) is 56.5 Å². The average Bonchev–Trinajstić information content (AvgIpc) is 2.83. The molecule has 1 aliphatic heterocycles. The van der Waals surface area contributed by atoms with Crippen LogP contribution in [0.3, 0.4) is 0 Å². The maximum absolute atomic E-state index is 5.40. The largest absolute Gasteiger partial charge is 0.497 e. The zero-order chi connectivity index (χ0) is 12.6. The molecule has 19 heavy (non-hydrogen) atoms. The molecule has 0 bridgehead atoms. The lowest BCUT2D eigenvalue weighted by Gasteiger charge is -2.44. The second-order valence-corrected chi connectivity index (χ2v) is 5.99. The molecule has 2 nitrogen and oxygen atoms in total. The van der Waals surface area contributed by atoms with E-state index in [0.29, 0.717) is 5.41 Å². The zero-order valence-corrected chi connectivity index (χ0v) is 12.7. The fraction of sp³-hybridized carbons (Fsp3) is 0.625. The third kappa shape index (κ3) is 2.48. The van der Waals surface area contributed by atoms with Crippen molar-refractivity contribution in [2.45, 2.75) is 31.1 Å². The van der Waals surface area contributed by atoms with Crippen LogP contribution >= 0.6 is 12.4 Å². The van der Waals surface area contributed by atoms with Crippen molar-refractivity contribution >= 4 is 12.4 Å². The summed E-state index contributed by atoms with van der Waals surface area (Å²) in [5, 5.41) is 0. The first-order valence-electron chi connectivity index (χ1n) is 7.08. The second-order valence-electron chi connectivity index (χ2n) is 5.99. The van der Waals surface area contributed by atoms with Gasteiger partial charge < -0.3 is 9.64 Å². The van der Waals surface area contributed by atoms with Gasteiger partial charge in [0.05, 0.1) is 7.11 Å². The van der Waals surface area contributed by atoms with Crippen molar-refractivity contribution in [1.82, 2.24) is 4.90 Å². The Hall–Kier alpha value is -0.730. The van der Waals surface area contributed by atoms with Crippen LogP contribution in [0.2, 0.25) is 0 Å². The first kappa shape index (κ1) is 14.7. The van der Waals surface area contributed by atoms with E-state index in [-0.39, 0.29) is 12.4 Å². The van der Waals surface area contributed by atoms with Gasteiger partial charge in [-0.3, -0.25) is 0 Å². The normalized spacial score (nSPS) is 30.5. The summed E-state index contributed by atoms with van der Waals surface area (Å²) in [7, 11) is 4.02. The highest BCUT2D eigenvalue weighted by Gasteiger charge is 2.46. The van der Waals surface area contributed by atoms with Crippen molar-refractivity contribution in [2.24, 2.45) is 5.92 Å². The highest BCUT2D eigenvalue weighted by atomic mass is 35.5. The van der Waals surface area contributed by atoms with Crippen LogP contribution in [0.15, 0.2) is 24.3 Å². The molecule has 2 fully saturated rings. The van der Waals surface area contributed by atoms with Crippen LogP contribution in [0.25, 0.3) is 0 Å². The van der Waals surface area contributed by atoms with E-state index in [1.165, 1.54) is 44.3 Å². The first-order valence-corrected chi connectivity index (χ1v) is 7.08. The number of piperidine rings is 1. The standard InChI is InChI=1S/C16H23NO.ClH/c1-17-10-9-16(8-4-6-14(16)12-17)13-5-3-7-15(11-13)18-2;/h3,5,7,11,14H,4,6,8-10,12H2,1-2H3;1H. The molecule has 3 heteroatoms. The summed E-state index contributed by atoms with van der Waals surface area (Å²) < 4.78 is 5.40. The Labute approximate surface area is 122 Å². The predicted octanol–water partition coefficient (Wildman–Crippen LogP) is 3.49. The molecule has 1 aliphatic carbocycles. The van der Waals surface area contributed by atoms with E-state index in [1.54, 1.807) is 7.11 Å². The molecular formula is C16H24ClNO. The summed E-state index contributed by atoms with van der Waals surface area (Å²) in [6, 6.07) is 8.78. The number of hydrogen-bond acceptors (Lipinski definition) is 2. The van der Waals surface area contributed by atoms with Gasteiger partial charge in [0.25, 0.3) is 0 Å². The van der Waals surface area contributed by atoms with Crippen LogP contribution < -0.4 is 4.74 Å². The minimum absolute atomic E-state index is 0. The number of likely N-dealkylation sites (tertiary alicyclic amines) is 1. The van der Waals surface area contributed by atoms with Crippen molar-refractivity contribution in [3.63, 3.8) is 0 Å². The molecule has 0 radical (unpaired) electrons. The van der Waals surface area contributed by atoms with Crippen LogP contribution in [0.5, 0.6) is 5.75 Å². The van der Waals surface area contributed by atoms with Gasteiger partial charge >= 0.3 is 0 Å². The number of methoxy groups -OCH3 is 1. The van der Waals surface area contributed by atoms with E-state index >= 15 is 0 Å². The predicted molar refractivity (Wildman–Crippen MR) is 81.4 cm³/mol.